The average molecular weight is 354 g/mol. The van der Waals surface area contributed by atoms with Crippen LogP contribution in [0.3, 0.4) is 0 Å². The summed E-state index contributed by atoms with van der Waals surface area (Å²) in [4.78, 5) is 1.81. The molecule has 1 aromatic heterocycles. The second-order valence-corrected chi connectivity index (χ2v) is 6.88. The van der Waals surface area contributed by atoms with E-state index < -0.39 is 23.1 Å². The summed E-state index contributed by atoms with van der Waals surface area (Å²) in [6.45, 7) is 4.86. The maximum atomic E-state index is 13.9. The van der Waals surface area contributed by atoms with Gasteiger partial charge in [-0.25, -0.2) is 17.9 Å². The molecule has 1 aliphatic heterocycles. The quantitative estimate of drug-likeness (QED) is 0.858. The minimum atomic E-state index is -1.21. The van der Waals surface area contributed by atoms with E-state index in [4.69, 9.17) is 0 Å². The summed E-state index contributed by atoms with van der Waals surface area (Å²) in [6.07, 6.45) is 2.91. The molecular weight excluding hydrogens is 333 g/mol. The Morgan fingerprint density at radius 2 is 1.92 bits per heavy atom. The first kappa shape index (κ1) is 17.9. The van der Waals surface area contributed by atoms with Crippen molar-refractivity contribution in [2.45, 2.75) is 44.9 Å². The topological polar surface area (TPSA) is 54.2 Å². The lowest BCUT2D eigenvalue weighted by molar-refractivity contribution is -0.0417. The number of rotatable bonds is 4. The smallest absolute Gasteiger partial charge is 0.161 e. The number of benzene rings is 1. The van der Waals surface area contributed by atoms with Crippen molar-refractivity contribution in [3.63, 3.8) is 0 Å². The molecule has 0 unspecified atom stereocenters. The van der Waals surface area contributed by atoms with E-state index in [9.17, 15) is 18.3 Å². The molecular formula is C17H21F3N4O. The van der Waals surface area contributed by atoms with Crippen molar-refractivity contribution >= 4 is 0 Å². The van der Waals surface area contributed by atoms with Gasteiger partial charge >= 0.3 is 0 Å². The van der Waals surface area contributed by atoms with Crippen LogP contribution in [0.2, 0.25) is 0 Å². The van der Waals surface area contributed by atoms with Gasteiger partial charge in [0.2, 0.25) is 0 Å². The summed E-state index contributed by atoms with van der Waals surface area (Å²) in [7, 11) is 0. The number of piperidine rings is 1. The molecule has 1 aliphatic rings. The van der Waals surface area contributed by atoms with Gasteiger partial charge in [0.05, 0.1) is 6.20 Å². The molecule has 0 amide bonds. The number of likely N-dealkylation sites (tertiary alicyclic amines) is 1. The third kappa shape index (κ3) is 3.69. The van der Waals surface area contributed by atoms with E-state index in [1.807, 2.05) is 18.7 Å². The Morgan fingerprint density at radius 3 is 2.60 bits per heavy atom. The molecule has 5 nitrogen and oxygen atoms in total. The molecule has 1 saturated heterocycles. The van der Waals surface area contributed by atoms with E-state index in [1.165, 1.54) is 0 Å². The fraction of sp³-hybridized carbons (Fsp3) is 0.529. The van der Waals surface area contributed by atoms with Gasteiger partial charge in [0, 0.05) is 30.8 Å². The van der Waals surface area contributed by atoms with Crippen molar-refractivity contribution < 1.29 is 18.3 Å². The Bertz CT molecular complexity index is 764. The Labute approximate surface area is 144 Å². The number of nitrogens with zero attached hydrogens (tertiary/aromatic N) is 4. The molecule has 0 radical (unpaired) electrons. The van der Waals surface area contributed by atoms with Crippen LogP contribution in [-0.2, 0) is 12.1 Å². The lowest BCUT2D eigenvalue weighted by Gasteiger charge is -2.38. The van der Waals surface area contributed by atoms with E-state index in [2.05, 4.69) is 10.3 Å². The lowest BCUT2D eigenvalue weighted by Crippen LogP contribution is -2.46. The van der Waals surface area contributed by atoms with Gasteiger partial charge in [-0.3, -0.25) is 4.90 Å². The minimum Gasteiger partial charge on any atom is -0.382 e. The molecule has 2 heterocycles. The molecule has 1 atom stereocenters. The second-order valence-electron chi connectivity index (χ2n) is 6.88. The maximum absolute atomic E-state index is 13.9. The van der Waals surface area contributed by atoms with Crippen molar-refractivity contribution in [3.05, 3.63) is 47.0 Å². The van der Waals surface area contributed by atoms with Crippen LogP contribution in [0.15, 0.2) is 18.3 Å². The lowest BCUT2D eigenvalue weighted by atomic mass is 9.89. The molecule has 1 aromatic carbocycles. The van der Waals surface area contributed by atoms with Crippen molar-refractivity contribution in [2.75, 3.05) is 13.1 Å². The van der Waals surface area contributed by atoms with Crippen LogP contribution >= 0.6 is 0 Å². The zero-order valence-electron chi connectivity index (χ0n) is 14.2. The molecule has 2 aromatic rings. The highest BCUT2D eigenvalue weighted by Gasteiger charge is 2.37. The predicted octanol–water partition coefficient (Wildman–Crippen LogP) is 2.76. The summed E-state index contributed by atoms with van der Waals surface area (Å²) in [5, 5.41) is 19.1. The van der Waals surface area contributed by atoms with Crippen molar-refractivity contribution in [2.24, 2.45) is 0 Å². The maximum Gasteiger partial charge on any atom is 0.161 e. The van der Waals surface area contributed by atoms with Crippen LogP contribution in [0.4, 0.5) is 13.2 Å². The van der Waals surface area contributed by atoms with Gasteiger partial charge in [0.25, 0.3) is 0 Å². The first-order valence-corrected chi connectivity index (χ1v) is 8.29. The highest BCUT2D eigenvalue weighted by molar-refractivity contribution is 5.20. The molecule has 1 N–H and O–H groups in total. The fourth-order valence-corrected chi connectivity index (χ4v) is 3.14. The van der Waals surface area contributed by atoms with Gasteiger partial charge in [0.15, 0.2) is 11.6 Å². The van der Waals surface area contributed by atoms with Gasteiger partial charge in [0.1, 0.15) is 17.1 Å². The summed E-state index contributed by atoms with van der Waals surface area (Å²) in [5.74, 6) is -3.08. The van der Waals surface area contributed by atoms with Crippen LogP contribution in [0, 0.1) is 17.5 Å². The monoisotopic (exact) mass is 354 g/mol. The van der Waals surface area contributed by atoms with Gasteiger partial charge in [-0.2, -0.15) is 0 Å². The molecule has 8 heteroatoms. The van der Waals surface area contributed by atoms with E-state index in [0.29, 0.717) is 31.1 Å². The highest BCUT2D eigenvalue weighted by Crippen LogP contribution is 2.31. The molecule has 0 saturated carbocycles. The van der Waals surface area contributed by atoms with Crippen molar-refractivity contribution in [1.29, 1.82) is 0 Å². The zero-order chi connectivity index (χ0) is 18.2. The third-order valence-electron chi connectivity index (χ3n) is 4.55. The summed E-state index contributed by atoms with van der Waals surface area (Å²) >= 11 is 0. The van der Waals surface area contributed by atoms with Crippen LogP contribution < -0.4 is 0 Å². The average Bonchev–Trinajstić information content (AvgIpc) is 3.04. The summed E-state index contributed by atoms with van der Waals surface area (Å²) in [6, 6.07) is 1.54. The van der Waals surface area contributed by atoms with Crippen LogP contribution in [-0.4, -0.2) is 38.1 Å². The SMILES string of the molecule is CC(C)n1cc([C@]2(O)CCCN(Cc3cc(F)c(F)cc3F)C2)nn1. The Morgan fingerprint density at radius 1 is 1.20 bits per heavy atom. The number of hydrogen-bond acceptors (Lipinski definition) is 4. The van der Waals surface area contributed by atoms with Gasteiger partial charge < -0.3 is 5.11 Å². The number of β-amino-alcohol motifs (C(OH)–C–C–N with tert-alkyl or cyclic N) is 1. The number of hydrogen-bond donors (Lipinski definition) is 1. The highest BCUT2D eigenvalue weighted by atomic mass is 19.2. The standard InChI is InChI=1S/C17H21F3N4O/c1-11(2)24-9-16(21-22-24)17(25)4-3-5-23(10-17)8-12-6-14(19)15(20)7-13(12)18/h6-7,9,11,25H,3-5,8,10H2,1-2H3/t17-/m0/s1. The van der Waals surface area contributed by atoms with Gasteiger partial charge in [-0.05, 0) is 39.3 Å². The molecule has 1 fully saturated rings. The van der Waals surface area contributed by atoms with Crippen LogP contribution in [0.25, 0.3) is 0 Å². The summed E-state index contributed by atoms with van der Waals surface area (Å²) in [5.41, 5.74) is -0.661. The number of aromatic nitrogens is 3. The van der Waals surface area contributed by atoms with E-state index >= 15 is 0 Å². The molecule has 0 bridgehead atoms. The van der Waals surface area contributed by atoms with Crippen molar-refractivity contribution in [1.82, 2.24) is 19.9 Å². The molecule has 0 spiro atoms. The molecule has 136 valence electrons. The third-order valence-corrected chi connectivity index (χ3v) is 4.55. The zero-order valence-corrected chi connectivity index (χ0v) is 14.2. The predicted molar refractivity (Wildman–Crippen MR) is 85.1 cm³/mol. The van der Waals surface area contributed by atoms with E-state index in [0.717, 1.165) is 6.07 Å². The normalized spacial score (nSPS) is 21.9. The van der Waals surface area contributed by atoms with Gasteiger partial charge in [-0.1, -0.05) is 5.21 Å². The number of halogens is 3. The molecule has 0 aliphatic carbocycles. The Hall–Kier alpha value is -1.93. The second kappa shape index (κ2) is 6.76. The summed E-state index contributed by atoms with van der Waals surface area (Å²) < 4.78 is 42.0. The molecule has 3 rings (SSSR count). The van der Waals surface area contributed by atoms with Crippen LogP contribution in [0.5, 0.6) is 0 Å². The Kier molecular flexibility index (Phi) is 4.83. The van der Waals surface area contributed by atoms with E-state index in [-0.39, 0.29) is 24.7 Å². The Balaban J connectivity index is 1.77. The van der Waals surface area contributed by atoms with Crippen LogP contribution in [0.1, 0.15) is 44.0 Å². The van der Waals surface area contributed by atoms with E-state index in [1.54, 1.807) is 10.9 Å². The number of aliphatic hydroxyl groups is 1. The minimum absolute atomic E-state index is 0.0639. The van der Waals surface area contributed by atoms with Crippen molar-refractivity contribution in [3.8, 4) is 0 Å². The van der Waals surface area contributed by atoms with Gasteiger partial charge in [-0.15, -0.1) is 5.10 Å². The first-order valence-electron chi connectivity index (χ1n) is 8.29. The molecule has 25 heavy (non-hydrogen) atoms. The largest absolute Gasteiger partial charge is 0.382 e. The first-order chi connectivity index (χ1) is 11.8. The fourth-order valence-electron chi connectivity index (χ4n) is 3.14.